The van der Waals surface area contributed by atoms with E-state index in [2.05, 4.69) is 17.0 Å². The number of benzene rings is 2. The van der Waals surface area contributed by atoms with Gasteiger partial charge in [0.2, 0.25) is 10.0 Å². The van der Waals surface area contributed by atoms with Crippen molar-refractivity contribution in [3.05, 3.63) is 59.2 Å². The van der Waals surface area contributed by atoms with Gasteiger partial charge in [0.15, 0.2) is 0 Å². The second-order valence-electron chi connectivity index (χ2n) is 6.75. The monoisotopic (exact) mass is 374 g/mol. The highest BCUT2D eigenvalue weighted by Crippen LogP contribution is 2.28. The van der Waals surface area contributed by atoms with E-state index in [9.17, 15) is 8.42 Å². The molecule has 5 nitrogen and oxygen atoms in total. The lowest BCUT2D eigenvalue weighted by Crippen LogP contribution is -2.48. The van der Waals surface area contributed by atoms with E-state index in [0.717, 1.165) is 30.8 Å². The second-order valence-corrected chi connectivity index (χ2v) is 8.66. The predicted molar refractivity (Wildman–Crippen MR) is 103 cm³/mol. The van der Waals surface area contributed by atoms with Crippen LogP contribution in [0.5, 0.6) is 5.75 Å². The first kappa shape index (κ1) is 18.9. The number of hydrogen-bond donors (Lipinski definition) is 0. The molecule has 3 rings (SSSR count). The number of sulfonamides is 1. The Morgan fingerprint density at radius 3 is 2.23 bits per heavy atom. The summed E-state index contributed by atoms with van der Waals surface area (Å²) in [6.45, 7) is 7.09. The number of rotatable bonds is 5. The summed E-state index contributed by atoms with van der Waals surface area (Å²) in [6.07, 6.45) is 0. The van der Waals surface area contributed by atoms with Gasteiger partial charge in [0.1, 0.15) is 5.75 Å². The molecule has 0 amide bonds. The summed E-state index contributed by atoms with van der Waals surface area (Å²) >= 11 is 0. The molecule has 0 saturated carbocycles. The molecule has 1 aliphatic rings. The topological polar surface area (TPSA) is 49.9 Å². The molecule has 0 spiro atoms. The van der Waals surface area contributed by atoms with Crippen LogP contribution in [0.2, 0.25) is 0 Å². The molecule has 0 unspecified atom stereocenters. The van der Waals surface area contributed by atoms with E-state index < -0.39 is 10.0 Å². The lowest BCUT2D eigenvalue weighted by Gasteiger charge is -2.34. The zero-order valence-corrected chi connectivity index (χ0v) is 16.4. The van der Waals surface area contributed by atoms with Gasteiger partial charge in [-0.2, -0.15) is 4.31 Å². The molecule has 0 aliphatic carbocycles. The van der Waals surface area contributed by atoms with Crippen molar-refractivity contribution in [2.45, 2.75) is 25.3 Å². The first-order valence-electron chi connectivity index (χ1n) is 8.83. The molecule has 0 atom stereocenters. The summed E-state index contributed by atoms with van der Waals surface area (Å²) < 4.78 is 33.1. The van der Waals surface area contributed by atoms with E-state index in [4.69, 9.17) is 4.74 Å². The Kier molecular flexibility index (Phi) is 5.65. The zero-order chi connectivity index (χ0) is 18.7. The molecule has 26 heavy (non-hydrogen) atoms. The molecule has 2 aromatic carbocycles. The van der Waals surface area contributed by atoms with Crippen molar-refractivity contribution in [2.24, 2.45) is 0 Å². The van der Waals surface area contributed by atoms with Crippen molar-refractivity contribution in [3.63, 3.8) is 0 Å². The third kappa shape index (κ3) is 3.92. The molecule has 0 N–H and O–H groups in total. The van der Waals surface area contributed by atoms with Crippen molar-refractivity contribution >= 4 is 10.0 Å². The lowest BCUT2D eigenvalue weighted by atomic mass is 10.1. The van der Waals surface area contributed by atoms with Gasteiger partial charge in [0, 0.05) is 38.8 Å². The third-order valence-electron chi connectivity index (χ3n) is 4.89. The molecule has 1 aliphatic heterocycles. The molecular formula is C20H26N2O3S. The summed E-state index contributed by atoms with van der Waals surface area (Å²) in [4.78, 5) is 2.64. The maximum atomic E-state index is 13.1. The Labute approximate surface area is 156 Å². The van der Waals surface area contributed by atoms with E-state index in [1.54, 1.807) is 17.5 Å². The number of piperazine rings is 1. The van der Waals surface area contributed by atoms with Crippen LogP contribution in [0.25, 0.3) is 0 Å². The Balaban J connectivity index is 1.72. The van der Waals surface area contributed by atoms with Crippen LogP contribution < -0.4 is 4.74 Å². The van der Waals surface area contributed by atoms with E-state index >= 15 is 0 Å². The number of aryl methyl sites for hydroxylation is 2. The minimum absolute atomic E-state index is 0.344. The molecule has 0 radical (unpaired) electrons. The number of methoxy groups -OCH3 is 1. The first-order chi connectivity index (χ1) is 12.4. The van der Waals surface area contributed by atoms with E-state index in [0.29, 0.717) is 23.7 Å². The van der Waals surface area contributed by atoms with E-state index in [1.165, 1.54) is 5.56 Å². The fourth-order valence-electron chi connectivity index (χ4n) is 3.42. The highest BCUT2D eigenvalue weighted by Gasteiger charge is 2.30. The van der Waals surface area contributed by atoms with E-state index in [-0.39, 0.29) is 0 Å². The van der Waals surface area contributed by atoms with Crippen molar-refractivity contribution in [1.82, 2.24) is 9.21 Å². The van der Waals surface area contributed by atoms with Gasteiger partial charge in [0.05, 0.1) is 12.0 Å². The van der Waals surface area contributed by atoms with Crippen molar-refractivity contribution in [3.8, 4) is 5.75 Å². The van der Waals surface area contributed by atoms with Crippen LogP contribution in [0.3, 0.4) is 0 Å². The minimum Gasteiger partial charge on any atom is -0.496 e. The largest absolute Gasteiger partial charge is 0.496 e. The average Bonchev–Trinajstić information content (AvgIpc) is 2.63. The van der Waals surface area contributed by atoms with Gasteiger partial charge in [0.25, 0.3) is 0 Å². The highest BCUT2D eigenvalue weighted by molar-refractivity contribution is 7.89. The maximum Gasteiger partial charge on any atom is 0.243 e. The zero-order valence-electron chi connectivity index (χ0n) is 15.6. The average molecular weight is 375 g/mol. The van der Waals surface area contributed by atoms with Crippen LogP contribution in [0.4, 0.5) is 0 Å². The highest BCUT2D eigenvalue weighted by atomic mass is 32.2. The van der Waals surface area contributed by atoms with Crippen LogP contribution in [-0.4, -0.2) is 50.9 Å². The smallest absolute Gasteiger partial charge is 0.243 e. The van der Waals surface area contributed by atoms with Gasteiger partial charge < -0.3 is 4.74 Å². The fraction of sp³-hybridized carbons (Fsp3) is 0.400. The molecule has 1 saturated heterocycles. The van der Waals surface area contributed by atoms with Crippen LogP contribution in [0, 0.1) is 13.8 Å². The van der Waals surface area contributed by atoms with Crippen LogP contribution in [-0.2, 0) is 16.6 Å². The van der Waals surface area contributed by atoms with Crippen molar-refractivity contribution < 1.29 is 13.2 Å². The van der Waals surface area contributed by atoms with Gasteiger partial charge in [-0.05, 0) is 30.5 Å². The van der Waals surface area contributed by atoms with Gasteiger partial charge in [-0.3, -0.25) is 4.90 Å². The van der Waals surface area contributed by atoms with Crippen LogP contribution >= 0.6 is 0 Å². The Bertz CT molecular complexity index is 858. The third-order valence-corrected chi connectivity index (χ3v) is 6.93. The fourth-order valence-corrected chi connectivity index (χ4v) is 5.06. The summed E-state index contributed by atoms with van der Waals surface area (Å²) in [5.74, 6) is 0.608. The Morgan fingerprint density at radius 2 is 1.62 bits per heavy atom. The molecular weight excluding hydrogens is 348 g/mol. The second kappa shape index (κ2) is 7.78. The van der Waals surface area contributed by atoms with Crippen molar-refractivity contribution in [1.29, 1.82) is 0 Å². The van der Waals surface area contributed by atoms with Gasteiger partial charge in [-0.1, -0.05) is 36.4 Å². The Hall–Kier alpha value is -1.89. The van der Waals surface area contributed by atoms with Gasteiger partial charge in [-0.25, -0.2) is 8.42 Å². The maximum absolute atomic E-state index is 13.1. The normalized spacial score (nSPS) is 16.6. The van der Waals surface area contributed by atoms with Crippen molar-refractivity contribution in [2.75, 3.05) is 33.3 Å². The molecule has 1 fully saturated rings. The van der Waals surface area contributed by atoms with E-state index in [1.807, 2.05) is 38.1 Å². The minimum atomic E-state index is -3.51. The molecule has 1 heterocycles. The van der Waals surface area contributed by atoms with Gasteiger partial charge in [-0.15, -0.1) is 0 Å². The lowest BCUT2D eigenvalue weighted by molar-refractivity contribution is 0.181. The predicted octanol–water partition coefficient (Wildman–Crippen LogP) is 2.82. The van der Waals surface area contributed by atoms with Crippen LogP contribution in [0.1, 0.15) is 16.7 Å². The number of ether oxygens (including phenoxy) is 1. The molecule has 2 aromatic rings. The number of hydrogen-bond acceptors (Lipinski definition) is 4. The molecule has 140 valence electrons. The summed E-state index contributed by atoms with van der Waals surface area (Å²) in [6, 6.07) is 13.8. The first-order valence-corrected chi connectivity index (χ1v) is 10.3. The SMILES string of the molecule is COc1cc(S(=O)(=O)N2CCN(Cc3ccccc3)CC2)c(C)cc1C. The van der Waals surface area contributed by atoms with Crippen LogP contribution in [0.15, 0.2) is 47.4 Å². The molecule has 0 bridgehead atoms. The standard InChI is InChI=1S/C20H26N2O3S/c1-16-13-17(2)20(14-19(16)25-3)26(23,24)22-11-9-21(10-12-22)15-18-7-5-4-6-8-18/h4-8,13-14H,9-12,15H2,1-3H3. The van der Waals surface area contributed by atoms with Gasteiger partial charge >= 0.3 is 0 Å². The molecule has 6 heteroatoms. The quantitative estimate of drug-likeness (QED) is 0.808. The number of nitrogens with zero attached hydrogens (tertiary/aromatic N) is 2. The Morgan fingerprint density at radius 1 is 0.962 bits per heavy atom. The molecule has 0 aromatic heterocycles. The summed E-state index contributed by atoms with van der Waals surface area (Å²) in [5.41, 5.74) is 2.95. The summed E-state index contributed by atoms with van der Waals surface area (Å²) in [5, 5.41) is 0. The summed E-state index contributed by atoms with van der Waals surface area (Å²) in [7, 11) is -1.95.